The number of halogens is 2. The van der Waals surface area contributed by atoms with Gasteiger partial charge in [-0.2, -0.15) is 0 Å². The Bertz CT molecular complexity index is 799. The summed E-state index contributed by atoms with van der Waals surface area (Å²) in [6, 6.07) is 9.59. The van der Waals surface area contributed by atoms with Crippen molar-refractivity contribution in [3.05, 3.63) is 35.9 Å². The van der Waals surface area contributed by atoms with Crippen LogP contribution in [0, 0.1) is 16.7 Å². The van der Waals surface area contributed by atoms with Crippen LogP contribution in [0.15, 0.2) is 30.3 Å². The van der Waals surface area contributed by atoms with Gasteiger partial charge in [0, 0.05) is 0 Å². The summed E-state index contributed by atoms with van der Waals surface area (Å²) in [6.07, 6.45) is 7.32. The van der Waals surface area contributed by atoms with Gasteiger partial charge in [-0.3, -0.25) is 4.79 Å². The highest BCUT2D eigenvalue weighted by Gasteiger charge is 2.74. The Morgan fingerprint density at radius 1 is 1.17 bits per heavy atom. The van der Waals surface area contributed by atoms with Crippen LogP contribution in [0.5, 0.6) is 0 Å². The third-order valence-electron chi connectivity index (χ3n) is 8.66. The van der Waals surface area contributed by atoms with Gasteiger partial charge in [0.25, 0.3) is 5.92 Å². The molecule has 1 aromatic rings. The van der Waals surface area contributed by atoms with Crippen molar-refractivity contribution in [3.8, 4) is 0 Å². The minimum atomic E-state index is -2.88. The van der Waals surface area contributed by atoms with Gasteiger partial charge in [0.1, 0.15) is 0 Å². The molecule has 5 fully saturated rings. The Balaban J connectivity index is 1.50. The molecule has 5 heteroatoms. The van der Waals surface area contributed by atoms with Crippen LogP contribution in [0.1, 0.15) is 63.9 Å². The Labute approximate surface area is 172 Å². The molecule has 1 amide bonds. The van der Waals surface area contributed by atoms with Crippen molar-refractivity contribution >= 4 is 5.91 Å². The van der Waals surface area contributed by atoms with Crippen LogP contribution in [-0.2, 0) is 10.2 Å². The largest absolute Gasteiger partial charge is 0.347 e. The summed E-state index contributed by atoms with van der Waals surface area (Å²) in [5, 5.41) is 5.64. The molecule has 4 saturated carbocycles. The first-order valence-electron chi connectivity index (χ1n) is 11.3. The molecule has 158 valence electrons. The fourth-order valence-electron chi connectivity index (χ4n) is 7.91. The molecular weight excluding hydrogens is 370 g/mol. The molecule has 1 aliphatic heterocycles. The summed E-state index contributed by atoms with van der Waals surface area (Å²) in [4.78, 5) is 13.8. The second-order valence-electron chi connectivity index (χ2n) is 10.3. The Morgan fingerprint density at radius 2 is 1.97 bits per heavy atom. The molecule has 4 bridgehead atoms. The summed E-state index contributed by atoms with van der Waals surface area (Å²) in [5.41, 5.74) is 0.855. The average Bonchev–Trinajstić information content (AvgIpc) is 3.03. The number of hydrogen-bond donors (Lipinski definition) is 2. The maximum Gasteiger partial charge on any atom is 0.280 e. The van der Waals surface area contributed by atoms with Gasteiger partial charge in [-0.25, -0.2) is 8.78 Å². The van der Waals surface area contributed by atoms with Crippen molar-refractivity contribution in [1.29, 1.82) is 0 Å². The molecule has 4 aliphatic carbocycles. The van der Waals surface area contributed by atoms with Crippen LogP contribution in [0.3, 0.4) is 0 Å². The quantitative estimate of drug-likeness (QED) is 0.766. The lowest BCUT2D eigenvalue weighted by atomic mass is 9.63. The molecule has 5 aliphatic rings. The van der Waals surface area contributed by atoms with Crippen LogP contribution in [0.25, 0.3) is 0 Å². The molecule has 3 unspecified atom stereocenters. The minimum absolute atomic E-state index is 0.0333. The number of hydrogen-bond acceptors (Lipinski definition) is 2. The Morgan fingerprint density at radius 3 is 2.69 bits per heavy atom. The second-order valence-corrected chi connectivity index (χ2v) is 10.3. The summed E-state index contributed by atoms with van der Waals surface area (Å²) in [6.45, 7) is 2.38. The van der Waals surface area contributed by atoms with Crippen molar-refractivity contribution in [2.24, 2.45) is 16.7 Å². The zero-order valence-electron chi connectivity index (χ0n) is 17.3. The zero-order chi connectivity index (χ0) is 20.3. The number of piperidine rings is 1. The summed E-state index contributed by atoms with van der Waals surface area (Å²) >= 11 is 0. The molecule has 1 aromatic carbocycles. The van der Waals surface area contributed by atoms with Crippen molar-refractivity contribution in [1.82, 2.24) is 10.6 Å². The maximum absolute atomic E-state index is 14.4. The molecule has 29 heavy (non-hydrogen) atoms. The van der Waals surface area contributed by atoms with E-state index in [9.17, 15) is 13.6 Å². The normalized spacial score (nSPS) is 42.2. The topological polar surface area (TPSA) is 41.1 Å². The van der Waals surface area contributed by atoms with E-state index in [0.717, 1.165) is 44.9 Å². The lowest BCUT2D eigenvalue weighted by molar-refractivity contribution is -0.142. The summed E-state index contributed by atoms with van der Waals surface area (Å²) in [5.74, 6) is -2.43. The van der Waals surface area contributed by atoms with Crippen molar-refractivity contribution in [3.63, 3.8) is 0 Å². The van der Waals surface area contributed by atoms with E-state index in [1.165, 1.54) is 5.56 Å². The fraction of sp³-hybridized carbons (Fsp3) is 0.708. The summed E-state index contributed by atoms with van der Waals surface area (Å²) < 4.78 is 28.9. The number of benzene rings is 1. The van der Waals surface area contributed by atoms with E-state index in [-0.39, 0.29) is 23.3 Å². The van der Waals surface area contributed by atoms with Crippen molar-refractivity contribution in [2.75, 3.05) is 13.1 Å². The van der Waals surface area contributed by atoms with Crippen LogP contribution >= 0.6 is 0 Å². The molecule has 6 rings (SSSR count). The molecule has 5 atom stereocenters. The van der Waals surface area contributed by atoms with Gasteiger partial charge in [0.15, 0.2) is 0 Å². The maximum atomic E-state index is 14.4. The number of nitrogens with one attached hydrogen (secondary N) is 2. The van der Waals surface area contributed by atoms with E-state index in [0.29, 0.717) is 18.9 Å². The number of alkyl halides is 2. The van der Waals surface area contributed by atoms with Gasteiger partial charge in [-0.15, -0.1) is 0 Å². The van der Waals surface area contributed by atoms with E-state index >= 15 is 0 Å². The standard InChI is InChI=1S/C24H32F2N2O/c1-2-9-22-12-17-11-21(14-22,18-6-4-3-5-7-18)15-23(22,13-17)20(29)28-19-8-10-27-16-24(19,25)26/h3-7,17,19,27H,2,8-16H2,1H3,(H,28,29)/t17?,19?,21-,22-,23?/m1/s1. The van der Waals surface area contributed by atoms with Crippen molar-refractivity contribution in [2.45, 2.75) is 75.7 Å². The zero-order valence-corrected chi connectivity index (χ0v) is 17.3. The number of carbonyl (C=O) groups is 1. The first-order chi connectivity index (χ1) is 13.8. The monoisotopic (exact) mass is 402 g/mol. The van der Waals surface area contributed by atoms with Gasteiger partial charge >= 0.3 is 0 Å². The average molecular weight is 403 g/mol. The molecule has 3 nitrogen and oxygen atoms in total. The second kappa shape index (κ2) is 6.50. The van der Waals surface area contributed by atoms with Crippen LogP contribution in [0.2, 0.25) is 0 Å². The Hall–Kier alpha value is -1.49. The first kappa shape index (κ1) is 19.5. The lowest BCUT2D eigenvalue weighted by Crippen LogP contribution is -2.60. The molecule has 1 heterocycles. The first-order valence-corrected chi connectivity index (χ1v) is 11.3. The van der Waals surface area contributed by atoms with E-state index < -0.39 is 17.4 Å². The number of amides is 1. The highest BCUT2D eigenvalue weighted by molar-refractivity contribution is 5.86. The van der Waals surface area contributed by atoms with E-state index in [4.69, 9.17) is 0 Å². The third-order valence-corrected chi connectivity index (χ3v) is 8.66. The smallest absolute Gasteiger partial charge is 0.280 e. The molecule has 0 radical (unpaired) electrons. The Kier molecular flexibility index (Phi) is 4.37. The molecule has 2 N–H and O–H groups in total. The van der Waals surface area contributed by atoms with E-state index in [1.54, 1.807) is 0 Å². The highest BCUT2D eigenvalue weighted by Crippen LogP contribution is 2.77. The SMILES string of the molecule is CCC[C@]12CC3CC1(C(=O)NC1CCNCC1(F)F)C[C@@](c1ccccc1)(C3)C2. The van der Waals surface area contributed by atoms with Gasteiger partial charge in [-0.1, -0.05) is 43.7 Å². The highest BCUT2D eigenvalue weighted by atomic mass is 19.3. The van der Waals surface area contributed by atoms with Gasteiger partial charge in [0.2, 0.25) is 5.91 Å². The lowest BCUT2D eigenvalue weighted by Gasteiger charge is -2.42. The van der Waals surface area contributed by atoms with Gasteiger partial charge < -0.3 is 10.6 Å². The van der Waals surface area contributed by atoms with Crippen LogP contribution in [-0.4, -0.2) is 31.0 Å². The number of carbonyl (C=O) groups excluding carboxylic acids is 1. The van der Waals surface area contributed by atoms with E-state index in [2.05, 4.69) is 41.8 Å². The number of rotatable bonds is 5. The third kappa shape index (κ3) is 2.72. The predicted molar refractivity (Wildman–Crippen MR) is 109 cm³/mol. The molecule has 1 saturated heterocycles. The molecule has 0 spiro atoms. The van der Waals surface area contributed by atoms with Gasteiger partial charge in [0.05, 0.1) is 18.0 Å². The summed E-state index contributed by atoms with van der Waals surface area (Å²) in [7, 11) is 0. The van der Waals surface area contributed by atoms with Gasteiger partial charge in [-0.05, 0) is 73.8 Å². The van der Waals surface area contributed by atoms with Crippen LogP contribution in [0.4, 0.5) is 8.78 Å². The molecular formula is C24H32F2N2O. The fourth-order valence-corrected chi connectivity index (χ4v) is 7.91. The molecule has 0 aromatic heterocycles. The van der Waals surface area contributed by atoms with Crippen molar-refractivity contribution < 1.29 is 13.6 Å². The predicted octanol–water partition coefficient (Wildman–Crippen LogP) is 4.42. The minimum Gasteiger partial charge on any atom is -0.347 e. The van der Waals surface area contributed by atoms with Crippen LogP contribution < -0.4 is 10.6 Å². The van der Waals surface area contributed by atoms with E-state index in [1.807, 2.05) is 6.07 Å².